The molecule has 178 valence electrons. The summed E-state index contributed by atoms with van der Waals surface area (Å²) in [7, 11) is 0. The molecule has 2 heteroatoms. The summed E-state index contributed by atoms with van der Waals surface area (Å²) in [6.07, 6.45) is 7.98. The molecule has 2 aromatic carbocycles. The minimum Gasteiger partial charge on any atom is -0.257 e. The van der Waals surface area contributed by atoms with Crippen LogP contribution in [0.1, 0.15) is 77.6 Å². The van der Waals surface area contributed by atoms with Crippen molar-refractivity contribution in [2.24, 2.45) is 15.9 Å². The number of hydrogen-bond acceptors (Lipinski definition) is 2. The molecule has 0 N–H and O–H groups in total. The average molecular weight is 453 g/mol. The number of hydrogen-bond donors (Lipinski definition) is 0. The minimum absolute atomic E-state index is 0.312. The van der Waals surface area contributed by atoms with Crippen molar-refractivity contribution in [1.82, 2.24) is 0 Å². The lowest BCUT2D eigenvalue weighted by Crippen LogP contribution is -2.06. The molecule has 0 aliphatic carbocycles. The molecule has 0 aliphatic heterocycles. The zero-order valence-electron chi connectivity index (χ0n) is 22.5. The SMILES string of the molecule is C=C/C(C)=C(/N=C(\C)c1ccc(/C(C)=N/C(=C/C)C(/C)=C\C)c2c(C=C)ccc(C)c12)C(C)C. The highest BCUT2D eigenvalue weighted by molar-refractivity contribution is 6.19. The van der Waals surface area contributed by atoms with E-state index in [1.807, 2.05) is 26.0 Å². The van der Waals surface area contributed by atoms with Crippen LogP contribution in [0, 0.1) is 12.8 Å². The van der Waals surface area contributed by atoms with Gasteiger partial charge in [-0.05, 0) is 87.4 Å². The van der Waals surface area contributed by atoms with Crippen LogP contribution < -0.4 is 0 Å². The highest BCUT2D eigenvalue weighted by atomic mass is 14.8. The summed E-state index contributed by atoms with van der Waals surface area (Å²) in [6, 6.07) is 8.68. The average Bonchev–Trinajstić information content (AvgIpc) is 2.83. The molecule has 0 fully saturated rings. The predicted molar refractivity (Wildman–Crippen MR) is 154 cm³/mol. The van der Waals surface area contributed by atoms with Crippen LogP contribution in [-0.4, -0.2) is 11.4 Å². The van der Waals surface area contributed by atoms with Crippen LogP contribution in [0.25, 0.3) is 16.8 Å². The summed E-state index contributed by atoms with van der Waals surface area (Å²) in [6.45, 7) is 27.0. The van der Waals surface area contributed by atoms with Crippen molar-refractivity contribution in [3.05, 3.63) is 100 Å². The largest absolute Gasteiger partial charge is 0.257 e. The fourth-order valence-electron chi connectivity index (χ4n) is 4.25. The Bertz CT molecular complexity index is 1260. The van der Waals surface area contributed by atoms with E-state index in [1.165, 1.54) is 16.3 Å². The molecule has 0 unspecified atom stereocenters. The van der Waals surface area contributed by atoms with Gasteiger partial charge in [0.1, 0.15) is 0 Å². The summed E-state index contributed by atoms with van der Waals surface area (Å²) < 4.78 is 0. The van der Waals surface area contributed by atoms with Gasteiger partial charge >= 0.3 is 0 Å². The smallest absolute Gasteiger partial charge is 0.0616 e. The lowest BCUT2D eigenvalue weighted by molar-refractivity contribution is 0.749. The first kappa shape index (κ1) is 27.0. The number of rotatable bonds is 8. The van der Waals surface area contributed by atoms with Crippen molar-refractivity contribution in [3.63, 3.8) is 0 Å². The van der Waals surface area contributed by atoms with Crippen LogP contribution in [0.3, 0.4) is 0 Å². The molecule has 0 saturated carbocycles. The van der Waals surface area contributed by atoms with Crippen LogP contribution in [0.2, 0.25) is 0 Å². The molecule has 0 atom stereocenters. The lowest BCUT2D eigenvalue weighted by Gasteiger charge is -2.17. The van der Waals surface area contributed by atoms with Gasteiger partial charge in [-0.1, -0.05) is 75.6 Å². The van der Waals surface area contributed by atoms with E-state index >= 15 is 0 Å². The Labute approximate surface area is 206 Å². The van der Waals surface area contributed by atoms with E-state index in [9.17, 15) is 0 Å². The summed E-state index contributed by atoms with van der Waals surface area (Å²) in [5.41, 5.74) is 10.9. The zero-order valence-corrected chi connectivity index (χ0v) is 22.5. The Balaban J connectivity index is 2.93. The van der Waals surface area contributed by atoms with Crippen LogP contribution >= 0.6 is 0 Å². The lowest BCUT2D eigenvalue weighted by atomic mass is 9.89. The van der Waals surface area contributed by atoms with Gasteiger partial charge in [0.05, 0.1) is 5.70 Å². The fourth-order valence-corrected chi connectivity index (χ4v) is 4.25. The third-order valence-corrected chi connectivity index (χ3v) is 6.34. The molecule has 0 saturated heterocycles. The van der Waals surface area contributed by atoms with Crippen LogP contribution in [-0.2, 0) is 0 Å². The van der Waals surface area contributed by atoms with Crippen molar-refractivity contribution in [2.45, 2.75) is 62.3 Å². The van der Waals surface area contributed by atoms with E-state index in [-0.39, 0.29) is 0 Å². The molecular weight excluding hydrogens is 412 g/mol. The van der Waals surface area contributed by atoms with E-state index < -0.39 is 0 Å². The van der Waals surface area contributed by atoms with Crippen LogP contribution in [0.15, 0.2) is 88.2 Å². The second kappa shape index (κ2) is 11.7. The molecule has 0 spiro atoms. The van der Waals surface area contributed by atoms with Gasteiger partial charge in [-0.3, -0.25) is 9.98 Å². The maximum atomic E-state index is 5.09. The van der Waals surface area contributed by atoms with E-state index in [1.54, 1.807) is 0 Å². The third kappa shape index (κ3) is 5.62. The van der Waals surface area contributed by atoms with E-state index in [4.69, 9.17) is 9.98 Å². The van der Waals surface area contributed by atoms with Gasteiger partial charge in [-0.25, -0.2) is 0 Å². The number of benzene rings is 2. The molecule has 0 bridgehead atoms. The molecule has 2 aromatic rings. The van der Waals surface area contributed by atoms with E-state index in [2.05, 4.69) is 98.0 Å². The van der Waals surface area contributed by atoms with Gasteiger partial charge in [-0.15, -0.1) is 0 Å². The first-order valence-corrected chi connectivity index (χ1v) is 12.0. The Morgan fingerprint density at radius 2 is 1.41 bits per heavy atom. The number of aliphatic imine (C=N–C) groups is 2. The maximum absolute atomic E-state index is 5.09. The van der Waals surface area contributed by atoms with Crippen molar-refractivity contribution in [1.29, 1.82) is 0 Å². The van der Waals surface area contributed by atoms with E-state index in [0.29, 0.717) is 5.92 Å². The van der Waals surface area contributed by atoms with Crippen molar-refractivity contribution in [2.75, 3.05) is 0 Å². The summed E-state index contributed by atoms with van der Waals surface area (Å²) >= 11 is 0. The fraction of sp³-hybridized carbons (Fsp3) is 0.312. The predicted octanol–water partition coefficient (Wildman–Crippen LogP) is 9.40. The van der Waals surface area contributed by atoms with Gasteiger partial charge < -0.3 is 0 Å². The second-order valence-corrected chi connectivity index (χ2v) is 9.05. The summed E-state index contributed by atoms with van der Waals surface area (Å²) in [5.74, 6) is 0.312. The normalized spacial score (nSPS) is 14.5. The number of allylic oxidation sites excluding steroid dienone is 6. The summed E-state index contributed by atoms with van der Waals surface area (Å²) in [4.78, 5) is 10.1. The first-order chi connectivity index (χ1) is 16.1. The van der Waals surface area contributed by atoms with Crippen molar-refractivity contribution >= 4 is 28.3 Å². The first-order valence-electron chi connectivity index (χ1n) is 12.0. The molecule has 0 aliphatic rings. The van der Waals surface area contributed by atoms with Gasteiger partial charge in [-0.2, -0.15) is 0 Å². The topological polar surface area (TPSA) is 24.7 Å². The molecule has 2 rings (SSSR count). The Morgan fingerprint density at radius 3 is 1.91 bits per heavy atom. The number of aryl methyl sites for hydroxylation is 1. The zero-order chi connectivity index (χ0) is 25.6. The number of nitrogens with zero attached hydrogens (tertiary/aromatic N) is 2. The van der Waals surface area contributed by atoms with Gasteiger partial charge in [0.2, 0.25) is 0 Å². The van der Waals surface area contributed by atoms with Crippen molar-refractivity contribution < 1.29 is 0 Å². The molecule has 2 nitrogen and oxygen atoms in total. The standard InChI is InChI=1S/C32H40N2/c1-12-21(7)29(15-4)33-24(10)28-19-18-27(25(11)34-32(20(5)6)22(8)13-2)30-23(9)16-17-26(14-3)31(28)30/h12-20H,2-3H2,1,4-11H3/b21-12-,29-15+,32-22+,33-24+,34-25+. The van der Waals surface area contributed by atoms with Crippen LogP contribution in [0.5, 0.6) is 0 Å². The van der Waals surface area contributed by atoms with Gasteiger partial charge in [0.15, 0.2) is 0 Å². The monoisotopic (exact) mass is 452 g/mol. The molecule has 34 heavy (non-hydrogen) atoms. The third-order valence-electron chi connectivity index (χ3n) is 6.34. The maximum Gasteiger partial charge on any atom is 0.0616 e. The summed E-state index contributed by atoms with van der Waals surface area (Å²) in [5, 5.41) is 2.38. The molecule has 0 radical (unpaired) electrons. The van der Waals surface area contributed by atoms with Gasteiger partial charge in [0, 0.05) is 28.2 Å². The Kier molecular flexibility index (Phi) is 9.32. The Hall–Kier alpha value is -3.26. The molecule has 0 amide bonds. The van der Waals surface area contributed by atoms with Crippen LogP contribution in [0.4, 0.5) is 0 Å². The van der Waals surface area contributed by atoms with E-state index in [0.717, 1.165) is 50.7 Å². The molecule has 0 heterocycles. The number of fused-ring (bicyclic) bond motifs is 1. The highest BCUT2D eigenvalue weighted by Crippen LogP contribution is 2.32. The Morgan fingerprint density at radius 1 is 0.824 bits per heavy atom. The quantitative estimate of drug-likeness (QED) is 0.281. The highest BCUT2D eigenvalue weighted by Gasteiger charge is 2.16. The van der Waals surface area contributed by atoms with Crippen molar-refractivity contribution in [3.8, 4) is 0 Å². The van der Waals surface area contributed by atoms with Gasteiger partial charge in [0.25, 0.3) is 0 Å². The molecular formula is C32H40N2. The molecule has 0 aromatic heterocycles. The minimum atomic E-state index is 0.312. The second-order valence-electron chi connectivity index (χ2n) is 9.05.